The molecule has 1 aromatic heterocycles. The van der Waals surface area contributed by atoms with Gasteiger partial charge in [-0.1, -0.05) is 0 Å². The molecule has 0 atom stereocenters. The minimum Gasteiger partial charge on any atom is -0.493 e. The van der Waals surface area contributed by atoms with Crippen LogP contribution < -0.4 is 14.8 Å². The summed E-state index contributed by atoms with van der Waals surface area (Å²) in [7, 11) is 3.11. The number of aromatic amines is 1. The Kier molecular flexibility index (Phi) is 3.52. The van der Waals surface area contributed by atoms with Crippen LogP contribution in [0, 0.1) is 0 Å². The molecule has 5 heteroatoms. The number of benzene rings is 1. The van der Waals surface area contributed by atoms with Crippen molar-refractivity contribution in [1.29, 1.82) is 0 Å². The zero-order chi connectivity index (χ0) is 13.0. The first-order valence-electron chi connectivity index (χ1n) is 5.41. The third-order valence-corrected chi connectivity index (χ3v) is 2.48. The molecule has 1 amide bonds. The Labute approximate surface area is 105 Å². The van der Waals surface area contributed by atoms with Gasteiger partial charge in [-0.05, 0) is 24.3 Å². The summed E-state index contributed by atoms with van der Waals surface area (Å²) in [5.41, 5.74) is 1.15. The summed E-state index contributed by atoms with van der Waals surface area (Å²) >= 11 is 0. The van der Waals surface area contributed by atoms with Gasteiger partial charge in [0.2, 0.25) is 0 Å². The quantitative estimate of drug-likeness (QED) is 0.870. The van der Waals surface area contributed by atoms with E-state index in [9.17, 15) is 4.79 Å². The van der Waals surface area contributed by atoms with Crippen LogP contribution in [0.2, 0.25) is 0 Å². The molecule has 0 aliphatic heterocycles. The number of carbonyl (C=O) groups is 1. The fraction of sp³-hybridized carbons (Fsp3) is 0.154. The van der Waals surface area contributed by atoms with Gasteiger partial charge >= 0.3 is 0 Å². The van der Waals surface area contributed by atoms with E-state index < -0.39 is 0 Å². The SMILES string of the molecule is COc1ccc(NC(=O)c2ccc[nH]2)cc1OC. The van der Waals surface area contributed by atoms with Gasteiger partial charge in [-0.2, -0.15) is 0 Å². The largest absolute Gasteiger partial charge is 0.493 e. The highest BCUT2D eigenvalue weighted by Crippen LogP contribution is 2.29. The van der Waals surface area contributed by atoms with E-state index in [1.165, 1.54) is 0 Å². The molecule has 0 fully saturated rings. The molecule has 0 aliphatic carbocycles. The number of anilines is 1. The van der Waals surface area contributed by atoms with Crippen molar-refractivity contribution < 1.29 is 14.3 Å². The van der Waals surface area contributed by atoms with Crippen LogP contribution in [0.15, 0.2) is 36.5 Å². The molecule has 2 N–H and O–H groups in total. The van der Waals surface area contributed by atoms with E-state index in [-0.39, 0.29) is 5.91 Å². The summed E-state index contributed by atoms with van der Waals surface area (Å²) in [6.07, 6.45) is 1.70. The second-order valence-electron chi connectivity index (χ2n) is 3.61. The molecule has 1 aromatic carbocycles. The molecule has 0 bridgehead atoms. The lowest BCUT2D eigenvalue weighted by atomic mass is 10.2. The maximum atomic E-state index is 11.8. The number of hydrogen-bond donors (Lipinski definition) is 2. The number of hydrogen-bond acceptors (Lipinski definition) is 3. The van der Waals surface area contributed by atoms with Crippen LogP contribution in [-0.4, -0.2) is 25.1 Å². The highest BCUT2D eigenvalue weighted by atomic mass is 16.5. The van der Waals surface area contributed by atoms with E-state index in [2.05, 4.69) is 10.3 Å². The molecule has 0 saturated carbocycles. The minimum atomic E-state index is -0.202. The van der Waals surface area contributed by atoms with Crippen LogP contribution in [0.1, 0.15) is 10.5 Å². The van der Waals surface area contributed by atoms with Crippen molar-refractivity contribution in [3.63, 3.8) is 0 Å². The predicted molar refractivity (Wildman–Crippen MR) is 68.3 cm³/mol. The first kappa shape index (κ1) is 12.0. The van der Waals surface area contributed by atoms with E-state index in [0.717, 1.165) is 0 Å². The first-order chi connectivity index (χ1) is 8.74. The summed E-state index contributed by atoms with van der Waals surface area (Å²) in [6, 6.07) is 8.67. The predicted octanol–water partition coefficient (Wildman–Crippen LogP) is 2.28. The Morgan fingerprint density at radius 1 is 1.17 bits per heavy atom. The lowest BCUT2D eigenvalue weighted by Gasteiger charge is -2.10. The van der Waals surface area contributed by atoms with E-state index in [1.807, 2.05) is 0 Å². The maximum Gasteiger partial charge on any atom is 0.272 e. The van der Waals surface area contributed by atoms with Gasteiger partial charge in [-0.15, -0.1) is 0 Å². The first-order valence-corrected chi connectivity index (χ1v) is 5.41. The molecular formula is C13H14N2O3. The van der Waals surface area contributed by atoms with Gasteiger partial charge in [0.25, 0.3) is 5.91 Å². The molecule has 2 rings (SSSR count). The Balaban J connectivity index is 2.17. The van der Waals surface area contributed by atoms with E-state index in [0.29, 0.717) is 22.9 Å². The number of carbonyl (C=O) groups excluding carboxylic acids is 1. The smallest absolute Gasteiger partial charge is 0.272 e. The second-order valence-corrected chi connectivity index (χ2v) is 3.61. The number of nitrogens with one attached hydrogen (secondary N) is 2. The number of aromatic nitrogens is 1. The van der Waals surface area contributed by atoms with Gasteiger partial charge in [0.1, 0.15) is 5.69 Å². The molecule has 1 heterocycles. The molecule has 5 nitrogen and oxygen atoms in total. The van der Waals surface area contributed by atoms with Gasteiger partial charge in [-0.25, -0.2) is 0 Å². The van der Waals surface area contributed by atoms with Crippen molar-refractivity contribution in [2.75, 3.05) is 19.5 Å². The average molecular weight is 246 g/mol. The number of rotatable bonds is 4. The Bertz CT molecular complexity index is 535. The van der Waals surface area contributed by atoms with E-state index in [1.54, 1.807) is 50.7 Å². The average Bonchev–Trinajstić information content (AvgIpc) is 2.92. The van der Waals surface area contributed by atoms with Gasteiger partial charge in [-0.3, -0.25) is 4.79 Å². The van der Waals surface area contributed by atoms with Crippen molar-refractivity contribution >= 4 is 11.6 Å². The Morgan fingerprint density at radius 3 is 2.56 bits per heavy atom. The maximum absolute atomic E-state index is 11.8. The topological polar surface area (TPSA) is 63.3 Å². The van der Waals surface area contributed by atoms with Gasteiger partial charge in [0.15, 0.2) is 11.5 Å². The monoisotopic (exact) mass is 246 g/mol. The third kappa shape index (κ3) is 2.45. The Morgan fingerprint density at radius 2 is 1.94 bits per heavy atom. The molecule has 0 radical (unpaired) electrons. The summed E-state index contributed by atoms with van der Waals surface area (Å²) in [5.74, 6) is 0.990. The summed E-state index contributed by atoms with van der Waals surface area (Å²) in [6.45, 7) is 0. The molecule has 0 spiro atoms. The molecule has 2 aromatic rings. The van der Waals surface area contributed by atoms with E-state index >= 15 is 0 Å². The van der Waals surface area contributed by atoms with Crippen molar-refractivity contribution in [3.05, 3.63) is 42.2 Å². The van der Waals surface area contributed by atoms with Crippen molar-refractivity contribution in [1.82, 2.24) is 4.98 Å². The number of amides is 1. The van der Waals surface area contributed by atoms with Crippen LogP contribution >= 0.6 is 0 Å². The molecule has 0 aliphatic rings. The number of ether oxygens (including phenoxy) is 2. The third-order valence-electron chi connectivity index (χ3n) is 2.48. The lowest BCUT2D eigenvalue weighted by Crippen LogP contribution is -2.12. The highest BCUT2D eigenvalue weighted by Gasteiger charge is 2.09. The minimum absolute atomic E-state index is 0.202. The van der Waals surface area contributed by atoms with Crippen molar-refractivity contribution in [3.8, 4) is 11.5 Å². The summed E-state index contributed by atoms with van der Waals surface area (Å²) < 4.78 is 10.3. The van der Waals surface area contributed by atoms with Crippen LogP contribution in [0.5, 0.6) is 11.5 Å². The van der Waals surface area contributed by atoms with Gasteiger partial charge in [0.05, 0.1) is 14.2 Å². The Hall–Kier alpha value is -2.43. The zero-order valence-electron chi connectivity index (χ0n) is 10.2. The summed E-state index contributed by atoms with van der Waals surface area (Å²) in [4.78, 5) is 14.7. The molecule has 18 heavy (non-hydrogen) atoms. The lowest BCUT2D eigenvalue weighted by molar-refractivity contribution is 0.102. The normalized spacial score (nSPS) is 9.89. The second kappa shape index (κ2) is 5.27. The van der Waals surface area contributed by atoms with E-state index in [4.69, 9.17) is 9.47 Å². The van der Waals surface area contributed by atoms with Gasteiger partial charge in [0, 0.05) is 18.0 Å². The molecular weight excluding hydrogens is 232 g/mol. The standard InChI is InChI=1S/C13H14N2O3/c1-17-11-6-5-9(8-12(11)18-2)15-13(16)10-4-3-7-14-10/h3-8,14H,1-2H3,(H,15,16). The molecule has 94 valence electrons. The van der Waals surface area contributed by atoms with Crippen LogP contribution in [0.3, 0.4) is 0 Å². The van der Waals surface area contributed by atoms with Gasteiger partial charge < -0.3 is 19.8 Å². The van der Waals surface area contributed by atoms with Crippen LogP contribution in [0.4, 0.5) is 5.69 Å². The fourth-order valence-corrected chi connectivity index (χ4v) is 1.58. The van der Waals surface area contributed by atoms with Crippen LogP contribution in [-0.2, 0) is 0 Å². The van der Waals surface area contributed by atoms with Crippen molar-refractivity contribution in [2.45, 2.75) is 0 Å². The number of methoxy groups -OCH3 is 2. The molecule has 0 unspecified atom stereocenters. The molecule has 0 saturated heterocycles. The fourth-order valence-electron chi connectivity index (χ4n) is 1.58. The highest BCUT2D eigenvalue weighted by molar-refractivity contribution is 6.03. The number of H-pyrrole nitrogens is 1. The zero-order valence-corrected chi connectivity index (χ0v) is 10.2. The van der Waals surface area contributed by atoms with Crippen LogP contribution in [0.25, 0.3) is 0 Å². The van der Waals surface area contributed by atoms with Crippen molar-refractivity contribution in [2.24, 2.45) is 0 Å². The summed E-state index contributed by atoms with van der Waals surface area (Å²) in [5, 5.41) is 2.76.